The second-order valence-corrected chi connectivity index (χ2v) is 9.10. The highest BCUT2D eigenvalue weighted by atomic mass is 16.5. The molecule has 4 rings (SSSR count). The van der Waals surface area contributed by atoms with Crippen molar-refractivity contribution in [2.24, 2.45) is 5.92 Å². The van der Waals surface area contributed by atoms with Gasteiger partial charge in [-0.2, -0.15) is 0 Å². The predicted octanol–water partition coefficient (Wildman–Crippen LogP) is 4.42. The van der Waals surface area contributed by atoms with Crippen LogP contribution < -0.4 is 14.8 Å². The third-order valence-corrected chi connectivity index (χ3v) is 7.04. The molecule has 0 unspecified atom stereocenters. The maximum Gasteiger partial charge on any atom is 0.336 e. The van der Waals surface area contributed by atoms with E-state index in [0.717, 1.165) is 5.56 Å². The van der Waals surface area contributed by atoms with E-state index in [1.54, 1.807) is 33.9 Å². The van der Waals surface area contributed by atoms with Crippen molar-refractivity contribution in [3.8, 4) is 11.5 Å². The molecule has 1 heterocycles. The van der Waals surface area contributed by atoms with Crippen molar-refractivity contribution < 1.29 is 33.3 Å². The van der Waals surface area contributed by atoms with Crippen LogP contribution in [0.2, 0.25) is 0 Å². The summed E-state index contributed by atoms with van der Waals surface area (Å²) in [6.07, 6.45) is 0.337. The molecule has 8 nitrogen and oxygen atoms in total. The zero-order valence-corrected chi connectivity index (χ0v) is 22.3. The predicted molar refractivity (Wildman–Crippen MR) is 141 cm³/mol. The van der Waals surface area contributed by atoms with Crippen LogP contribution in [0.3, 0.4) is 0 Å². The summed E-state index contributed by atoms with van der Waals surface area (Å²) >= 11 is 0. The fraction of sp³-hybridized carbons (Fsp3) is 0.367. The number of ketones is 1. The second-order valence-electron chi connectivity index (χ2n) is 9.10. The fourth-order valence-electron chi connectivity index (χ4n) is 5.50. The number of esters is 2. The number of methoxy groups -OCH3 is 2. The summed E-state index contributed by atoms with van der Waals surface area (Å²) in [6.45, 7) is 5.54. The first-order chi connectivity index (χ1) is 18.4. The number of allylic oxidation sites excluding steroid dienone is 3. The Morgan fingerprint density at radius 3 is 2.08 bits per heavy atom. The minimum absolute atomic E-state index is 0.133. The molecule has 0 fully saturated rings. The second kappa shape index (κ2) is 11.5. The summed E-state index contributed by atoms with van der Waals surface area (Å²) in [7, 11) is 3.10. The molecule has 200 valence electrons. The number of carbonyl (C=O) groups is 3. The Bertz CT molecular complexity index is 1310. The number of nitrogens with one attached hydrogen (secondary N) is 1. The molecule has 0 amide bonds. The van der Waals surface area contributed by atoms with Crippen LogP contribution >= 0.6 is 0 Å². The Morgan fingerprint density at radius 1 is 0.895 bits per heavy atom. The molecule has 2 aromatic rings. The van der Waals surface area contributed by atoms with E-state index in [9.17, 15) is 14.4 Å². The molecular weight excluding hydrogens is 486 g/mol. The molecule has 0 saturated carbocycles. The molecule has 1 aliphatic heterocycles. The van der Waals surface area contributed by atoms with Gasteiger partial charge in [-0.05, 0) is 44.9 Å². The Hall–Kier alpha value is -4.07. The minimum atomic E-state index is -1.12. The summed E-state index contributed by atoms with van der Waals surface area (Å²) in [4.78, 5) is 41.0. The van der Waals surface area contributed by atoms with Crippen LogP contribution in [-0.2, 0) is 23.9 Å². The highest BCUT2D eigenvalue weighted by Crippen LogP contribution is 2.50. The maximum absolute atomic E-state index is 14.4. The van der Waals surface area contributed by atoms with Crippen LogP contribution in [0.4, 0.5) is 0 Å². The minimum Gasteiger partial charge on any atom is -0.496 e. The van der Waals surface area contributed by atoms with Crippen LogP contribution in [0.5, 0.6) is 11.5 Å². The monoisotopic (exact) mass is 519 g/mol. The lowest BCUT2D eigenvalue weighted by Crippen LogP contribution is -2.43. The lowest BCUT2D eigenvalue weighted by Gasteiger charge is -2.39. The summed E-state index contributed by atoms with van der Waals surface area (Å²) in [5, 5.41) is 3.31. The van der Waals surface area contributed by atoms with Crippen LogP contribution in [0.15, 0.2) is 71.1 Å². The van der Waals surface area contributed by atoms with Gasteiger partial charge in [0.15, 0.2) is 5.78 Å². The van der Waals surface area contributed by atoms with E-state index in [1.807, 2.05) is 42.5 Å². The molecule has 1 N–H and O–H groups in total. The summed E-state index contributed by atoms with van der Waals surface area (Å²) in [5.74, 6) is -2.88. The zero-order chi connectivity index (χ0) is 27.4. The molecule has 0 saturated heterocycles. The van der Waals surface area contributed by atoms with Gasteiger partial charge in [-0.3, -0.25) is 9.59 Å². The van der Waals surface area contributed by atoms with Crippen molar-refractivity contribution in [1.29, 1.82) is 0 Å². The molecule has 2 aliphatic rings. The van der Waals surface area contributed by atoms with Crippen LogP contribution in [0.25, 0.3) is 0 Å². The number of ether oxygens (including phenoxy) is 4. The van der Waals surface area contributed by atoms with Gasteiger partial charge in [-0.15, -0.1) is 0 Å². The molecule has 2 aromatic carbocycles. The number of hydrogen-bond donors (Lipinski definition) is 1. The molecule has 0 radical (unpaired) electrons. The highest BCUT2D eigenvalue weighted by Gasteiger charge is 2.50. The molecule has 0 bridgehead atoms. The average molecular weight is 520 g/mol. The van der Waals surface area contributed by atoms with Gasteiger partial charge in [0.1, 0.15) is 17.4 Å². The van der Waals surface area contributed by atoms with Crippen molar-refractivity contribution in [3.05, 3.63) is 82.2 Å². The Labute approximate surface area is 222 Å². The molecule has 0 aromatic heterocycles. The van der Waals surface area contributed by atoms with Crippen LogP contribution in [0.1, 0.15) is 50.2 Å². The number of benzene rings is 2. The van der Waals surface area contributed by atoms with E-state index in [4.69, 9.17) is 18.9 Å². The van der Waals surface area contributed by atoms with E-state index in [0.29, 0.717) is 46.0 Å². The molecular formula is C30H33NO7. The third kappa shape index (κ3) is 4.78. The first-order valence-electron chi connectivity index (χ1n) is 12.7. The summed E-state index contributed by atoms with van der Waals surface area (Å²) in [6, 6.07) is 14.6. The lowest BCUT2D eigenvalue weighted by molar-refractivity contribution is -0.152. The fourth-order valence-corrected chi connectivity index (χ4v) is 5.50. The molecule has 1 aliphatic carbocycles. The smallest absolute Gasteiger partial charge is 0.336 e. The van der Waals surface area contributed by atoms with Crippen LogP contribution in [-0.4, -0.2) is 45.2 Å². The molecule has 3 atom stereocenters. The largest absolute Gasteiger partial charge is 0.496 e. The maximum atomic E-state index is 14.4. The topological polar surface area (TPSA) is 100 Å². The molecule has 8 heteroatoms. The van der Waals surface area contributed by atoms with Gasteiger partial charge >= 0.3 is 11.9 Å². The Kier molecular flexibility index (Phi) is 8.20. The number of carbonyl (C=O) groups excluding carboxylic acids is 3. The van der Waals surface area contributed by atoms with E-state index in [1.165, 1.54) is 7.11 Å². The normalized spacial score (nSPS) is 20.9. The van der Waals surface area contributed by atoms with Crippen molar-refractivity contribution in [2.45, 2.75) is 39.0 Å². The molecule has 0 spiro atoms. The van der Waals surface area contributed by atoms with Crippen molar-refractivity contribution in [3.63, 3.8) is 0 Å². The number of hydrogen-bond acceptors (Lipinski definition) is 8. The van der Waals surface area contributed by atoms with Crippen molar-refractivity contribution in [1.82, 2.24) is 5.32 Å². The summed E-state index contributed by atoms with van der Waals surface area (Å²) in [5.41, 5.74) is 3.25. The standard InChI is InChI=1S/C30H33NO7/c1-6-37-29(33)24-17(3)31-21-16-20(18-12-8-10-14-22(18)35-4)26(30(34)38-7-2)28(32)27(21)25(24)19-13-9-11-15-23(19)36-5/h8-15,20,25-26,31H,6-7,16H2,1-5H3/t20-,25-,26+/m0/s1. The van der Waals surface area contributed by atoms with Gasteiger partial charge in [0.25, 0.3) is 0 Å². The molecule has 38 heavy (non-hydrogen) atoms. The number of Topliss-reactive ketones (excluding diaryl/α,β-unsaturated/α-hetero) is 1. The first-order valence-corrected chi connectivity index (χ1v) is 12.7. The average Bonchev–Trinajstić information content (AvgIpc) is 2.92. The van der Waals surface area contributed by atoms with Gasteiger partial charge in [-0.1, -0.05) is 36.4 Å². The van der Waals surface area contributed by atoms with E-state index < -0.39 is 35.5 Å². The Morgan fingerprint density at radius 2 is 1.47 bits per heavy atom. The number of rotatable bonds is 8. The first kappa shape index (κ1) is 27.0. The lowest BCUT2D eigenvalue weighted by atomic mass is 9.67. The van der Waals surface area contributed by atoms with Crippen molar-refractivity contribution in [2.75, 3.05) is 27.4 Å². The number of dihydropyridines is 1. The summed E-state index contributed by atoms with van der Waals surface area (Å²) < 4.78 is 22.0. The van der Waals surface area contributed by atoms with E-state index in [-0.39, 0.29) is 13.2 Å². The van der Waals surface area contributed by atoms with Gasteiger partial charge in [0.05, 0.1) is 38.9 Å². The zero-order valence-electron chi connectivity index (χ0n) is 22.3. The SMILES string of the molecule is CCOC(=O)C1=C(C)NC2=C(C(=O)[C@H](C(=O)OCC)[C@H](c3ccccc3OC)C2)[C@H]1c1ccccc1OC. The van der Waals surface area contributed by atoms with E-state index >= 15 is 0 Å². The van der Waals surface area contributed by atoms with Gasteiger partial charge in [-0.25, -0.2) is 4.79 Å². The van der Waals surface area contributed by atoms with Gasteiger partial charge < -0.3 is 24.3 Å². The Balaban J connectivity index is 1.95. The van der Waals surface area contributed by atoms with Crippen LogP contribution in [0, 0.1) is 5.92 Å². The van der Waals surface area contributed by atoms with Crippen molar-refractivity contribution >= 4 is 17.7 Å². The third-order valence-electron chi connectivity index (χ3n) is 7.04. The van der Waals surface area contributed by atoms with E-state index in [2.05, 4.69) is 5.32 Å². The quantitative estimate of drug-likeness (QED) is 0.404. The van der Waals surface area contributed by atoms with Gasteiger partial charge in [0, 0.05) is 28.4 Å². The van der Waals surface area contributed by atoms with Gasteiger partial charge in [0.2, 0.25) is 0 Å². The highest BCUT2D eigenvalue weighted by molar-refractivity contribution is 6.13. The number of para-hydroxylation sites is 2.